The summed E-state index contributed by atoms with van der Waals surface area (Å²) in [6, 6.07) is 10.8. The molecule has 0 saturated carbocycles. The highest BCUT2D eigenvalue weighted by Gasteiger charge is 2.37. The maximum Gasteiger partial charge on any atom is 0.265 e. The molecule has 0 N–H and O–H groups in total. The highest BCUT2D eigenvalue weighted by atomic mass is 32.2. The third kappa shape index (κ3) is 2.78. The Bertz CT molecular complexity index is 910. The van der Waals surface area contributed by atoms with Crippen molar-refractivity contribution in [3.63, 3.8) is 0 Å². The van der Waals surface area contributed by atoms with Gasteiger partial charge in [0.15, 0.2) is 0 Å². The Kier molecular flexibility index (Phi) is 4.15. The van der Waals surface area contributed by atoms with Gasteiger partial charge < -0.3 is 4.90 Å². The normalized spacial score (nSPS) is 19.7. The zero-order valence-corrected chi connectivity index (χ0v) is 15.0. The molecule has 1 fully saturated rings. The van der Waals surface area contributed by atoms with Crippen molar-refractivity contribution in [1.82, 2.24) is 4.90 Å². The Morgan fingerprint density at radius 2 is 1.56 bits per heavy atom. The van der Waals surface area contributed by atoms with E-state index in [0.717, 1.165) is 49.5 Å². The smallest absolute Gasteiger partial charge is 0.265 e. The fraction of sp³-hybridized carbons (Fsp3) is 0.421. The van der Waals surface area contributed by atoms with Crippen molar-refractivity contribution in [1.29, 1.82) is 0 Å². The van der Waals surface area contributed by atoms with Crippen LogP contribution in [0.2, 0.25) is 0 Å². The van der Waals surface area contributed by atoms with Crippen molar-refractivity contribution in [2.75, 3.05) is 23.9 Å². The van der Waals surface area contributed by atoms with Crippen LogP contribution >= 0.6 is 0 Å². The zero-order valence-electron chi connectivity index (χ0n) is 14.1. The van der Waals surface area contributed by atoms with Gasteiger partial charge in [0.1, 0.15) is 6.54 Å². The van der Waals surface area contributed by atoms with E-state index >= 15 is 0 Å². The SMILES string of the molecule is O=C(CN1c2cccc3cccc(c23)S1(=O)=O)N1CCCCCCC1. The second kappa shape index (κ2) is 6.33. The largest absolute Gasteiger partial charge is 0.341 e. The first-order valence-electron chi connectivity index (χ1n) is 8.91. The third-order valence-electron chi connectivity index (χ3n) is 5.17. The van der Waals surface area contributed by atoms with E-state index < -0.39 is 10.0 Å². The lowest BCUT2D eigenvalue weighted by atomic mass is 10.1. The summed E-state index contributed by atoms with van der Waals surface area (Å²) in [5.41, 5.74) is 0.619. The zero-order chi connectivity index (χ0) is 17.4. The summed E-state index contributed by atoms with van der Waals surface area (Å²) in [7, 11) is -3.66. The van der Waals surface area contributed by atoms with Gasteiger partial charge in [0, 0.05) is 18.5 Å². The Balaban J connectivity index is 1.65. The number of sulfonamides is 1. The molecule has 2 heterocycles. The van der Waals surface area contributed by atoms with Crippen LogP contribution in [-0.2, 0) is 14.8 Å². The Morgan fingerprint density at radius 3 is 2.28 bits per heavy atom. The van der Waals surface area contributed by atoms with Crippen molar-refractivity contribution < 1.29 is 13.2 Å². The van der Waals surface area contributed by atoms with E-state index in [0.29, 0.717) is 10.6 Å². The van der Waals surface area contributed by atoms with E-state index in [1.165, 1.54) is 10.7 Å². The minimum Gasteiger partial charge on any atom is -0.341 e. The summed E-state index contributed by atoms with van der Waals surface area (Å²) in [4.78, 5) is 14.9. The summed E-state index contributed by atoms with van der Waals surface area (Å²) in [6.07, 6.45) is 5.48. The quantitative estimate of drug-likeness (QED) is 0.829. The second-order valence-corrected chi connectivity index (χ2v) is 8.62. The first-order chi connectivity index (χ1) is 12.1. The van der Waals surface area contributed by atoms with Crippen LogP contribution in [-0.4, -0.2) is 38.9 Å². The number of anilines is 1. The van der Waals surface area contributed by atoms with E-state index in [4.69, 9.17) is 0 Å². The molecular weight excluding hydrogens is 336 g/mol. The molecule has 0 aliphatic carbocycles. The lowest BCUT2D eigenvalue weighted by molar-refractivity contribution is -0.129. The second-order valence-electron chi connectivity index (χ2n) is 6.79. The molecule has 2 aliphatic heterocycles. The van der Waals surface area contributed by atoms with Crippen molar-refractivity contribution in [2.45, 2.75) is 37.0 Å². The van der Waals surface area contributed by atoms with Gasteiger partial charge in [0.2, 0.25) is 5.91 Å². The maximum absolute atomic E-state index is 13.0. The van der Waals surface area contributed by atoms with E-state index in [1.807, 2.05) is 23.1 Å². The van der Waals surface area contributed by atoms with Gasteiger partial charge in [-0.1, -0.05) is 43.5 Å². The molecule has 5 nitrogen and oxygen atoms in total. The molecule has 25 heavy (non-hydrogen) atoms. The van der Waals surface area contributed by atoms with E-state index in [-0.39, 0.29) is 12.5 Å². The van der Waals surface area contributed by atoms with Gasteiger partial charge in [-0.2, -0.15) is 0 Å². The van der Waals surface area contributed by atoms with Crippen molar-refractivity contribution >= 4 is 32.4 Å². The molecule has 1 amide bonds. The van der Waals surface area contributed by atoms with Gasteiger partial charge >= 0.3 is 0 Å². The molecule has 1 saturated heterocycles. The van der Waals surface area contributed by atoms with Gasteiger partial charge in [-0.15, -0.1) is 0 Å². The topological polar surface area (TPSA) is 57.7 Å². The Morgan fingerprint density at radius 1 is 0.920 bits per heavy atom. The third-order valence-corrected chi connectivity index (χ3v) is 6.97. The fourth-order valence-electron chi connectivity index (χ4n) is 3.85. The average Bonchev–Trinajstić information content (AvgIpc) is 2.78. The molecule has 2 aromatic rings. The molecular formula is C19H22N2O3S. The molecule has 0 spiro atoms. The van der Waals surface area contributed by atoms with Crippen molar-refractivity contribution in [3.8, 4) is 0 Å². The molecule has 132 valence electrons. The summed E-state index contributed by atoms with van der Waals surface area (Å²) in [5, 5.41) is 1.62. The fourth-order valence-corrected chi connectivity index (χ4v) is 5.51. The van der Waals surface area contributed by atoms with Crippen LogP contribution in [0.3, 0.4) is 0 Å². The standard InChI is InChI=1S/C19H22N2O3S/c22-18(20-12-4-2-1-3-5-13-20)14-21-16-10-6-8-15-9-7-11-17(19(15)16)25(21,23)24/h6-11H,1-5,12-14H2. The van der Waals surface area contributed by atoms with Crippen molar-refractivity contribution in [3.05, 3.63) is 36.4 Å². The molecule has 0 atom stereocenters. The number of carbonyl (C=O) groups is 1. The van der Waals surface area contributed by atoms with Gasteiger partial charge in [-0.3, -0.25) is 9.10 Å². The van der Waals surface area contributed by atoms with Gasteiger partial charge in [0.05, 0.1) is 10.6 Å². The molecule has 2 aromatic carbocycles. The van der Waals surface area contributed by atoms with Crippen LogP contribution in [0.15, 0.2) is 41.3 Å². The summed E-state index contributed by atoms with van der Waals surface area (Å²) >= 11 is 0. The molecule has 0 unspecified atom stereocenters. The Hall–Kier alpha value is -2.08. The minimum atomic E-state index is -3.66. The monoisotopic (exact) mass is 358 g/mol. The summed E-state index contributed by atoms with van der Waals surface area (Å²) < 4.78 is 27.2. The van der Waals surface area contributed by atoms with E-state index in [9.17, 15) is 13.2 Å². The van der Waals surface area contributed by atoms with E-state index in [2.05, 4.69) is 0 Å². The first kappa shape index (κ1) is 16.4. The van der Waals surface area contributed by atoms with Crippen molar-refractivity contribution in [2.24, 2.45) is 0 Å². The van der Waals surface area contributed by atoms with Crippen LogP contribution < -0.4 is 4.31 Å². The highest BCUT2D eigenvalue weighted by Crippen LogP contribution is 2.41. The number of amides is 1. The molecule has 6 heteroatoms. The van der Waals surface area contributed by atoms with E-state index in [1.54, 1.807) is 18.2 Å². The molecule has 0 aromatic heterocycles. The van der Waals surface area contributed by atoms with Gasteiger partial charge in [-0.25, -0.2) is 8.42 Å². The average molecular weight is 358 g/mol. The summed E-state index contributed by atoms with van der Waals surface area (Å²) in [6.45, 7) is 1.34. The van der Waals surface area contributed by atoms with Crippen LogP contribution in [0, 0.1) is 0 Å². The predicted octanol–water partition coefficient (Wildman–Crippen LogP) is 3.14. The number of rotatable bonds is 2. The lowest BCUT2D eigenvalue weighted by Crippen LogP contribution is -2.42. The number of benzene rings is 2. The number of hydrogen-bond donors (Lipinski definition) is 0. The van der Waals surface area contributed by atoms with Crippen LogP contribution in [0.1, 0.15) is 32.1 Å². The predicted molar refractivity (Wildman–Crippen MR) is 98.1 cm³/mol. The number of carbonyl (C=O) groups excluding carboxylic acids is 1. The van der Waals surface area contributed by atoms with Crippen LogP contribution in [0.25, 0.3) is 10.8 Å². The number of nitrogens with zero attached hydrogens (tertiary/aromatic N) is 2. The molecule has 0 bridgehead atoms. The van der Waals surface area contributed by atoms with Gasteiger partial charge in [-0.05, 0) is 30.4 Å². The summed E-state index contributed by atoms with van der Waals surface area (Å²) in [5.74, 6) is -0.102. The van der Waals surface area contributed by atoms with Gasteiger partial charge in [0.25, 0.3) is 10.0 Å². The Labute approximate surface area is 148 Å². The van der Waals surface area contributed by atoms with Crippen LogP contribution in [0.5, 0.6) is 0 Å². The number of likely N-dealkylation sites (tertiary alicyclic amines) is 1. The lowest BCUT2D eigenvalue weighted by Gasteiger charge is -2.27. The first-order valence-corrected chi connectivity index (χ1v) is 10.4. The molecule has 4 rings (SSSR count). The molecule has 2 aliphatic rings. The highest BCUT2D eigenvalue weighted by molar-refractivity contribution is 7.93. The van der Waals surface area contributed by atoms with Crippen LogP contribution in [0.4, 0.5) is 5.69 Å². The number of hydrogen-bond acceptors (Lipinski definition) is 3. The maximum atomic E-state index is 13.0. The minimum absolute atomic E-state index is 0.102. The molecule has 0 radical (unpaired) electrons.